The summed E-state index contributed by atoms with van der Waals surface area (Å²) in [4.78, 5) is 4.53. The van der Waals surface area contributed by atoms with Gasteiger partial charge in [-0.3, -0.25) is 0 Å². The summed E-state index contributed by atoms with van der Waals surface area (Å²) in [5.41, 5.74) is 2.27. The second-order valence-corrected chi connectivity index (χ2v) is 6.35. The molecule has 0 saturated heterocycles. The summed E-state index contributed by atoms with van der Waals surface area (Å²) in [6, 6.07) is 12.7. The van der Waals surface area contributed by atoms with Crippen molar-refractivity contribution >= 4 is 22.6 Å². The molecule has 104 valence electrons. The maximum Gasteiger partial charge on any atom is 0.219 e. The molecule has 1 aliphatic rings. The molecule has 1 saturated carbocycles. The Morgan fingerprint density at radius 2 is 2.15 bits per heavy atom. The number of nitrogens with zero attached hydrogens (tertiary/aromatic N) is 1. The highest BCUT2D eigenvalue weighted by Gasteiger charge is 2.20. The Bertz CT molecular complexity index is 611. The number of rotatable bonds is 5. The van der Waals surface area contributed by atoms with Crippen LogP contribution in [0.15, 0.2) is 36.4 Å². The number of pyridine rings is 1. The number of hydrogen-bond donors (Lipinski definition) is 1. The van der Waals surface area contributed by atoms with Gasteiger partial charge in [0.15, 0.2) is 0 Å². The van der Waals surface area contributed by atoms with Crippen LogP contribution < -0.4 is 10.1 Å². The van der Waals surface area contributed by atoms with Crippen LogP contribution in [0.2, 0.25) is 0 Å². The van der Waals surface area contributed by atoms with Gasteiger partial charge in [-0.25, -0.2) is 4.98 Å². The molecule has 0 atom stereocenters. The highest BCUT2D eigenvalue weighted by molar-refractivity contribution is 14.1. The van der Waals surface area contributed by atoms with Crippen LogP contribution in [0.1, 0.15) is 24.1 Å². The Labute approximate surface area is 132 Å². The van der Waals surface area contributed by atoms with E-state index in [9.17, 15) is 0 Å². The van der Waals surface area contributed by atoms with Crippen molar-refractivity contribution in [3.63, 3.8) is 0 Å². The van der Waals surface area contributed by atoms with E-state index in [1.807, 2.05) is 37.3 Å². The molecule has 4 heteroatoms. The quantitative estimate of drug-likeness (QED) is 0.796. The summed E-state index contributed by atoms with van der Waals surface area (Å²) in [5.74, 6) is 1.48. The molecule has 1 aliphatic carbocycles. The zero-order valence-corrected chi connectivity index (χ0v) is 13.6. The Hall–Kier alpha value is -1.14. The molecule has 0 bridgehead atoms. The first-order valence-corrected chi connectivity index (χ1v) is 7.92. The summed E-state index contributed by atoms with van der Waals surface area (Å²) in [6.07, 6.45) is 2.61. The van der Waals surface area contributed by atoms with E-state index >= 15 is 0 Å². The minimum atomic E-state index is 0.652. The molecule has 3 nitrogen and oxygen atoms in total. The number of nitrogens with one attached hydrogen (secondary N) is 1. The van der Waals surface area contributed by atoms with Crippen LogP contribution in [0.5, 0.6) is 11.6 Å². The molecule has 0 amide bonds. The molecular formula is C16H17IN2O. The number of hydrogen-bond acceptors (Lipinski definition) is 3. The topological polar surface area (TPSA) is 34.1 Å². The Morgan fingerprint density at radius 3 is 2.85 bits per heavy atom. The molecule has 20 heavy (non-hydrogen) atoms. The average Bonchev–Trinajstić information content (AvgIpc) is 3.22. The first kappa shape index (κ1) is 13.8. The molecule has 1 aromatic heterocycles. The van der Waals surface area contributed by atoms with Gasteiger partial charge >= 0.3 is 0 Å². The third-order valence-electron chi connectivity index (χ3n) is 3.35. The van der Waals surface area contributed by atoms with Crippen molar-refractivity contribution in [2.24, 2.45) is 0 Å². The van der Waals surface area contributed by atoms with E-state index in [0.717, 1.165) is 27.6 Å². The fourth-order valence-corrected chi connectivity index (χ4v) is 2.52. The smallest absolute Gasteiger partial charge is 0.219 e. The maximum absolute atomic E-state index is 5.80. The molecule has 0 spiro atoms. The predicted octanol–water partition coefficient (Wildman–Crippen LogP) is 4.04. The van der Waals surface area contributed by atoms with Gasteiger partial charge < -0.3 is 10.1 Å². The van der Waals surface area contributed by atoms with Gasteiger partial charge in [-0.1, -0.05) is 12.1 Å². The van der Waals surface area contributed by atoms with E-state index < -0.39 is 0 Å². The summed E-state index contributed by atoms with van der Waals surface area (Å²) in [6.45, 7) is 2.93. The predicted molar refractivity (Wildman–Crippen MR) is 88.1 cm³/mol. The number of aryl methyl sites for hydroxylation is 1. The lowest BCUT2D eigenvalue weighted by Crippen LogP contribution is -2.16. The zero-order chi connectivity index (χ0) is 13.9. The van der Waals surface area contributed by atoms with Crippen molar-refractivity contribution in [1.29, 1.82) is 0 Å². The summed E-state index contributed by atoms with van der Waals surface area (Å²) in [5, 5.41) is 3.51. The Morgan fingerprint density at radius 1 is 1.30 bits per heavy atom. The van der Waals surface area contributed by atoms with E-state index in [4.69, 9.17) is 4.74 Å². The normalized spacial score (nSPS) is 14.3. The molecule has 0 radical (unpaired) electrons. The van der Waals surface area contributed by atoms with Crippen LogP contribution in [0, 0.1) is 10.5 Å². The second-order valence-electron chi connectivity index (χ2n) is 5.11. The van der Waals surface area contributed by atoms with Gasteiger partial charge in [-0.15, -0.1) is 0 Å². The van der Waals surface area contributed by atoms with Crippen molar-refractivity contribution in [2.45, 2.75) is 32.4 Å². The van der Waals surface area contributed by atoms with Crippen LogP contribution in [0.3, 0.4) is 0 Å². The maximum atomic E-state index is 5.80. The van der Waals surface area contributed by atoms with Crippen LogP contribution in [-0.2, 0) is 6.54 Å². The molecule has 1 heterocycles. The first-order chi connectivity index (χ1) is 9.70. The minimum Gasteiger partial charge on any atom is -0.439 e. The van der Waals surface area contributed by atoms with E-state index in [1.54, 1.807) is 0 Å². The summed E-state index contributed by atoms with van der Waals surface area (Å²) < 4.78 is 6.95. The van der Waals surface area contributed by atoms with Crippen molar-refractivity contribution < 1.29 is 4.74 Å². The van der Waals surface area contributed by atoms with E-state index in [2.05, 4.69) is 39.0 Å². The zero-order valence-electron chi connectivity index (χ0n) is 11.4. The fraction of sp³-hybridized carbons (Fsp3) is 0.312. The average molecular weight is 380 g/mol. The van der Waals surface area contributed by atoms with Gasteiger partial charge in [-0.2, -0.15) is 0 Å². The molecule has 2 aromatic rings. The lowest BCUT2D eigenvalue weighted by atomic mass is 10.2. The van der Waals surface area contributed by atoms with Gasteiger partial charge in [-0.05, 0) is 66.1 Å². The van der Waals surface area contributed by atoms with Crippen LogP contribution in [0.25, 0.3) is 0 Å². The van der Waals surface area contributed by atoms with Crippen LogP contribution >= 0.6 is 22.6 Å². The SMILES string of the molecule is Cc1nc(Oc2cccc(I)c2)ccc1CNC1CC1. The van der Waals surface area contributed by atoms with Gasteiger partial charge in [0.2, 0.25) is 5.88 Å². The van der Waals surface area contributed by atoms with Crippen LogP contribution in [-0.4, -0.2) is 11.0 Å². The van der Waals surface area contributed by atoms with Crippen molar-refractivity contribution in [2.75, 3.05) is 0 Å². The molecule has 0 unspecified atom stereocenters. The second kappa shape index (κ2) is 6.10. The standard InChI is InChI=1S/C16H17IN2O/c1-11-12(10-18-14-6-7-14)5-8-16(19-11)20-15-4-2-3-13(17)9-15/h2-5,8-9,14,18H,6-7,10H2,1H3. The lowest BCUT2D eigenvalue weighted by molar-refractivity contribution is 0.460. The number of halogens is 1. The van der Waals surface area contributed by atoms with Crippen molar-refractivity contribution in [3.8, 4) is 11.6 Å². The lowest BCUT2D eigenvalue weighted by Gasteiger charge is -2.09. The minimum absolute atomic E-state index is 0.652. The van der Waals surface area contributed by atoms with Crippen molar-refractivity contribution in [3.05, 3.63) is 51.2 Å². The largest absolute Gasteiger partial charge is 0.439 e. The van der Waals surface area contributed by atoms with Crippen molar-refractivity contribution in [1.82, 2.24) is 10.3 Å². The van der Waals surface area contributed by atoms with Gasteiger partial charge in [0.1, 0.15) is 5.75 Å². The Balaban J connectivity index is 1.69. The molecule has 1 N–H and O–H groups in total. The highest BCUT2D eigenvalue weighted by atomic mass is 127. The van der Waals surface area contributed by atoms with Crippen LogP contribution in [0.4, 0.5) is 0 Å². The molecule has 1 fully saturated rings. The fourth-order valence-electron chi connectivity index (χ4n) is 2.00. The molecule has 0 aliphatic heterocycles. The number of benzene rings is 1. The number of aromatic nitrogens is 1. The third-order valence-corrected chi connectivity index (χ3v) is 4.02. The first-order valence-electron chi connectivity index (χ1n) is 6.84. The van der Waals surface area contributed by atoms with Gasteiger partial charge in [0, 0.05) is 27.9 Å². The highest BCUT2D eigenvalue weighted by Crippen LogP contribution is 2.23. The van der Waals surface area contributed by atoms with E-state index in [1.165, 1.54) is 18.4 Å². The Kier molecular flexibility index (Phi) is 4.21. The monoisotopic (exact) mass is 380 g/mol. The van der Waals surface area contributed by atoms with Gasteiger partial charge in [0.25, 0.3) is 0 Å². The van der Waals surface area contributed by atoms with E-state index in [-0.39, 0.29) is 0 Å². The number of ether oxygens (including phenoxy) is 1. The summed E-state index contributed by atoms with van der Waals surface area (Å²) >= 11 is 2.27. The van der Waals surface area contributed by atoms with E-state index in [0.29, 0.717) is 5.88 Å². The third kappa shape index (κ3) is 3.70. The summed E-state index contributed by atoms with van der Waals surface area (Å²) in [7, 11) is 0. The van der Waals surface area contributed by atoms with Gasteiger partial charge in [0.05, 0.1) is 0 Å². The molecule has 3 rings (SSSR count). The molecular weight excluding hydrogens is 363 g/mol. The molecule has 1 aromatic carbocycles.